The third kappa shape index (κ3) is 6.10. The minimum atomic E-state index is -0.291. The predicted molar refractivity (Wildman–Crippen MR) is 125 cm³/mol. The highest BCUT2D eigenvalue weighted by atomic mass is 32.2. The minimum Gasteiger partial charge on any atom is -0.497 e. The number of thioether (sulfide) groups is 1. The normalized spacial score (nSPS) is 11.6. The van der Waals surface area contributed by atoms with Gasteiger partial charge in [0.2, 0.25) is 5.91 Å². The number of methoxy groups -OCH3 is 1. The Morgan fingerprint density at radius 1 is 1.09 bits per heavy atom. The van der Waals surface area contributed by atoms with E-state index in [2.05, 4.69) is 20.8 Å². The van der Waals surface area contributed by atoms with Crippen LogP contribution in [0.15, 0.2) is 59.8 Å². The largest absolute Gasteiger partial charge is 0.497 e. The van der Waals surface area contributed by atoms with E-state index >= 15 is 0 Å². The van der Waals surface area contributed by atoms with E-state index < -0.39 is 0 Å². The Morgan fingerprint density at radius 3 is 2.47 bits per heavy atom. The SMILES string of the molecule is CCC(Sc1nnc(CCNC(=O)c2ccc(OC)cc2)n1C)C(=O)Nc1ccccc1. The molecule has 32 heavy (non-hydrogen) atoms. The molecule has 0 aliphatic rings. The number of nitrogens with zero attached hydrogens (tertiary/aromatic N) is 3. The van der Waals surface area contributed by atoms with E-state index in [-0.39, 0.29) is 17.1 Å². The lowest BCUT2D eigenvalue weighted by Gasteiger charge is -2.14. The molecular formula is C23H27N5O3S. The lowest BCUT2D eigenvalue weighted by Crippen LogP contribution is -2.26. The molecule has 0 radical (unpaired) electrons. The van der Waals surface area contributed by atoms with Gasteiger partial charge in [0, 0.05) is 31.3 Å². The van der Waals surface area contributed by atoms with Crippen molar-refractivity contribution < 1.29 is 14.3 Å². The fraction of sp³-hybridized carbons (Fsp3) is 0.304. The highest BCUT2D eigenvalue weighted by Gasteiger charge is 2.21. The molecule has 1 unspecified atom stereocenters. The summed E-state index contributed by atoms with van der Waals surface area (Å²) >= 11 is 1.38. The van der Waals surface area contributed by atoms with Gasteiger partial charge < -0.3 is 19.9 Å². The molecule has 3 rings (SSSR count). The van der Waals surface area contributed by atoms with Crippen molar-refractivity contribution in [3.63, 3.8) is 0 Å². The van der Waals surface area contributed by atoms with Gasteiger partial charge in [-0.3, -0.25) is 9.59 Å². The quantitative estimate of drug-likeness (QED) is 0.457. The van der Waals surface area contributed by atoms with E-state index in [9.17, 15) is 9.59 Å². The summed E-state index contributed by atoms with van der Waals surface area (Å²) in [5.74, 6) is 1.21. The van der Waals surface area contributed by atoms with Gasteiger partial charge in [-0.2, -0.15) is 0 Å². The fourth-order valence-electron chi connectivity index (χ4n) is 2.99. The van der Waals surface area contributed by atoms with Gasteiger partial charge in [-0.15, -0.1) is 10.2 Å². The van der Waals surface area contributed by atoms with Crippen LogP contribution in [0, 0.1) is 0 Å². The Balaban J connectivity index is 1.53. The second-order valence-electron chi connectivity index (χ2n) is 7.06. The van der Waals surface area contributed by atoms with E-state index in [4.69, 9.17) is 4.74 Å². The van der Waals surface area contributed by atoms with Crippen molar-refractivity contribution in [2.45, 2.75) is 30.2 Å². The highest BCUT2D eigenvalue weighted by molar-refractivity contribution is 8.00. The number of benzene rings is 2. The zero-order chi connectivity index (χ0) is 22.9. The average Bonchev–Trinajstić information content (AvgIpc) is 3.17. The van der Waals surface area contributed by atoms with Crippen molar-refractivity contribution in [2.24, 2.45) is 7.05 Å². The van der Waals surface area contributed by atoms with Crippen molar-refractivity contribution in [1.29, 1.82) is 0 Å². The number of ether oxygens (including phenoxy) is 1. The second kappa shape index (κ2) is 11.3. The summed E-state index contributed by atoms with van der Waals surface area (Å²) in [6, 6.07) is 16.3. The molecule has 0 bridgehead atoms. The Labute approximate surface area is 191 Å². The molecule has 1 heterocycles. The number of carbonyl (C=O) groups is 2. The maximum Gasteiger partial charge on any atom is 0.251 e. The highest BCUT2D eigenvalue weighted by Crippen LogP contribution is 2.25. The van der Waals surface area contributed by atoms with Crippen molar-refractivity contribution in [3.8, 4) is 5.75 Å². The lowest BCUT2D eigenvalue weighted by molar-refractivity contribution is -0.115. The molecule has 0 saturated heterocycles. The molecule has 3 aromatic rings. The first-order valence-corrected chi connectivity index (χ1v) is 11.2. The van der Waals surface area contributed by atoms with Crippen molar-refractivity contribution in [2.75, 3.05) is 19.0 Å². The monoisotopic (exact) mass is 453 g/mol. The number of hydrogen-bond acceptors (Lipinski definition) is 6. The summed E-state index contributed by atoms with van der Waals surface area (Å²) in [5.41, 5.74) is 1.33. The Kier molecular flexibility index (Phi) is 8.27. The molecule has 2 amide bonds. The van der Waals surface area contributed by atoms with E-state index in [1.165, 1.54) is 11.8 Å². The molecule has 0 aliphatic heterocycles. The summed E-state index contributed by atoms with van der Waals surface area (Å²) in [6.07, 6.45) is 1.18. The average molecular weight is 454 g/mol. The van der Waals surface area contributed by atoms with Crippen molar-refractivity contribution in [1.82, 2.24) is 20.1 Å². The van der Waals surface area contributed by atoms with Gasteiger partial charge in [0.15, 0.2) is 5.16 Å². The number of hydrogen-bond donors (Lipinski definition) is 2. The topological polar surface area (TPSA) is 98.1 Å². The van der Waals surface area contributed by atoms with Crippen LogP contribution in [0.5, 0.6) is 5.75 Å². The maximum atomic E-state index is 12.6. The molecule has 2 N–H and O–H groups in total. The van der Waals surface area contributed by atoms with E-state index in [0.29, 0.717) is 35.9 Å². The Bertz CT molecular complexity index is 1040. The predicted octanol–water partition coefficient (Wildman–Crippen LogP) is 3.31. The van der Waals surface area contributed by atoms with Gasteiger partial charge in [-0.25, -0.2) is 0 Å². The molecule has 0 aliphatic carbocycles. The number of amides is 2. The number of rotatable bonds is 10. The Hall–Kier alpha value is -3.33. The van der Waals surface area contributed by atoms with Crippen LogP contribution in [-0.2, 0) is 18.3 Å². The smallest absolute Gasteiger partial charge is 0.251 e. The summed E-state index contributed by atoms with van der Waals surface area (Å²) in [6.45, 7) is 2.39. The van der Waals surface area contributed by atoms with Crippen LogP contribution >= 0.6 is 11.8 Å². The number of para-hydroxylation sites is 1. The van der Waals surface area contributed by atoms with Gasteiger partial charge in [-0.1, -0.05) is 36.9 Å². The van der Waals surface area contributed by atoms with Crippen molar-refractivity contribution >= 4 is 29.3 Å². The zero-order valence-corrected chi connectivity index (χ0v) is 19.2. The van der Waals surface area contributed by atoms with Crippen LogP contribution < -0.4 is 15.4 Å². The molecule has 8 nitrogen and oxygen atoms in total. The number of nitrogens with one attached hydrogen (secondary N) is 2. The molecule has 2 aromatic carbocycles. The third-order valence-corrected chi connectivity index (χ3v) is 6.26. The third-order valence-electron chi connectivity index (χ3n) is 4.86. The van der Waals surface area contributed by atoms with Crippen LogP contribution in [0.25, 0.3) is 0 Å². The lowest BCUT2D eigenvalue weighted by atomic mass is 10.2. The minimum absolute atomic E-state index is 0.0694. The van der Waals surface area contributed by atoms with Gasteiger partial charge >= 0.3 is 0 Å². The first-order chi connectivity index (χ1) is 15.5. The van der Waals surface area contributed by atoms with Crippen LogP contribution in [0.4, 0.5) is 5.69 Å². The first-order valence-electron chi connectivity index (χ1n) is 10.3. The number of aromatic nitrogens is 3. The van der Waals surface area contributed by atoms with Gasteiger partial charge in [0.1, 0.15) is 11.6 Å². The van der Waals surface area contributed by atoms with E-state index in [1.54, 1.807) is 31.4 Å². The van der Waals surface area contributed by atoms with Gasteiger partial charge in [-0.05, 0) is 42.8 Å². The molecule has 1 aromatic heterocycles. The zero-order valence-electron chi connectivity index (χ0n) is 18.4. The van der Waals surface area contributed by atoms with Crippen LogP contribution in [0.1, 0.15) is 29.5 Å². The fourth-order valence-corrected chi connectivity index (χ4v) is 3.93. The maximum absolute atomic E-state index is 12.6. The van der Waals surface area contributed by atoms with Crippen LogP contribution in [0.3, 0.4) is 0 Å². The summed E-state index contributed by atoms with van der Waals surface area (Å²) < 4.78 is 6.97. The molecular weight excluding hydrogens is 426 g/mol. The number of anilines is 1. The van der Waals surface area contributed by atoms with E-state index in [0.717, 1.165) is 11.5 Å². The molecule has 1 atom stereocenters. The second-order valence-corrected chi connectivity index (χ2v) is 8.23. The van der Waals surface area contributed by atoms with Gasteiger partial charge in [0.25, 0.3) is 5.91 Å². The standard InChI is InChI=1S/C23H27N5O3S/c1-4-19(22(30)25-17-8-6-5-7-9-17)32-23-27-26-20(28(23)2)14-15-24-21(29)16-10-12-18(31-3)13-11-16/h5-13,19H,4,14-15H2,1-3H3,(H,24,29)(H,25,30). The molecule has 0 spiro atoms. The van der Waals surface area contributed by atoms with Gasteiger partial charge in [0.05, 0.1) is 12.4 Å². The molecule has 0 saturated carbocycles. The molecule has 0 fully saturated rings. The number of carbonyl (C=O) groups excluding carboxylic acids is 2. The summed E-state index contributed by atoms with van der Waals surface area (Å²) in [4.78, 5) is 24.9. The van der Waals surface area contributed by atoms with Crippen molar-refractivity contribution in [3.05, 3.63) is 66.0 Å². The first kappa shape index (κ1) is 23.3. The van der Waals surface area contributed by atoms with Crippen LogP contribution in [0.2, 0.25) is 0 Å². The van der Waals surface area contributed by atoms with Crippen LogP contribution in [-0.4, -0.2) is 45.5 Å². The van der Waals surface area contributed by atoms with E-state index in [1.807, 2.05) is 48.9 Å². The molecule has 168 valence electrons. The summed E-state index contributed by atoms with van der Waals surface area (Å²) in [5, 5.41) is 14.7. The molecule has 9 heteroatoms. The summed E-state index contributed by atoms with van der Waals surface area (Å²) in [7, 11) is 3.45. The Morgan fingerprint density at radius 2 is 1.81 bits per heavy atom.